The fourth-order valence-electron chi connectivity index (χ4n) is 1.93. The van der Waals surface area contributed by atoms with Crippen LogP contribution in [0.5, 0.6) is 0 Å². The molecule has 0 saturated heterocycles. The molecule has 0 bridgehead atoms. The summed E-state index contributed by atoms with van der Waals surface area (Å²) in [6.45, 7) is 1.65. The minimum Gasteiger partial charge on any atom is -0.322 e. The SMILES string of the molecule is CSc1ccc(C(=O)Nc2ccc(C)c(S(N)(=O)=O)c2)cc1. The molecule has 0 aliphatic carbocycles. The summed E-state index contributed by atoms with van der Waals surface area (Å²) in [5.74, 6) is -0.308. The van der Waals surface area contributed by atoms with Crippen molar-refractivity contribution < 1.29 is 13.2 Å². The number of nitrogens with two attached hydrogens (primary N) is 1. The van der Waals surface area contributed by atoms with E-state index in [4.69, 9.17) is 5.14 Å². The number of aryl methyl sites for hydroxylation is 1. The van der Waals surface area contributed by atoms with Gasteiger partial charge in [-0.25, -0.2) is 13.6 Å². The van der Waals surface area contributed by atoms with Crippen molar-refractivity contribution in [3.63, 3.8) is 0 Å². The van der Waals surface area contributed by atoms with Crippen LogP contribution in [0.4, 0.5) is 5.69 Å². The average Bonchev–Trinajstić information content (AvgIpc) is 2.48. The molecule has 2 aromatic carbocycles. The van der Waals surface area contributed by atoms with Crippen molar-refractivity contribution in [2.45, 2.75) is 16.7 Å². The van der Waals surface area contributed by atoms with E-state index in [0.29, 0.717) is 16.8 Å². The molecule has 0 atom stereocenters. The van der Waals surface area contributed by atoms with Gasteiger partial charge < -0.3 is 5.32 Å². The lowest BCUT2D eigenvalue weighted by molar-refractivity contribution is 0.102. The first-order valence-corrected chi connectivity index (χ1v) is 9.17. The summed E-state index contributed by atoms with van der Waals surface area (Å²) in [6.07, 6.45) is 1.95. The molecular formula is C15H16N2O3S2. The number of rotatable bonds is 4. The monoisotopic (exact) mass is 336 g/mol. The van der Waals surface area contributed by atoms with Crippen LogP contribution in [-0.4, -0.2) is 20.6 Å². The predicted molar refractivity (Wildman–Crippen MR) is 88.7 cm³/mol. The number of sulfonamides is 1. The Morgan fingerprint density at radius 1 is 1.14 bits per heavy atom. The van der Waals surface area contributed by atoms with Gasteiger partial charge in [-0.1, -0.05) is 6.07 Å². The Hall–Kier alpha value is -1.83. The highest BCUT2D eigenvalue weighted by Gasteiger charge is 2.13. The molecule has 0 aliphatic rings. The van der Waals surface area contributed by atoms with Crippen LogP contribution in [0, 0.1) is 6.92 Å². The van der Waals surface area contributed by atoms with E-state index in [1.54, 1.807) is 43.0 Å². The smallest absolute Gasteiger partial charge is 0.255 e. The van der Waals surface area contributed by atoms with Gasteiger partial charge >= 0.3 is 0 Å². The van der Waals surface area contributed by atoms with Crippen molar-refractivity contribution in [3.05, 3.63) is 53.6 Å². The molecule has 0 unspecified atom stereocenters. The minimum atomic E-state index is -3.82. The van der Waals surface area contributed by atoms with Crippen LogP contribution in [0.1, 0.15) is 15.9 Å². The number of hydrogen-bond donors (Lipinski definition) is 2. The van der Waals surface area contributed by atoms with Crippen molar-refractivity contribution in [2.24, 2.45) is 5.14 Å². The Balaban J connectivity index is 2.25. The van der Waals surface area contributed by atoms with Gasteiger partial charge in [0.2, 0.25) is 10.0 Å². The van der Waals surface area contributed by atoms with Crippen LogP contribution in [0.25, 0.3) is 0 Å². The number of anilines is 1. The van der Waals surface area contributed by atoms with Gasteiger partial charge in [0.25, 0.3) is 5.91 Å². The molecule has 0 radical (unpaired) electrons. The van der Waals surface area contributed by atoms with Crippen LogP contribution in [-0.2, 0) is 10.0 Å². The van der Waals surface area contributed by atoms with E-state index in [9.17, 15) is 13.2 Å². The summed E-state index contributed by atoms with van der Waals surface area (Å²) in [5.41, 5.74) is 1.41. The molecule has 5 nitrogen and oxygen atoms in total. The lowest BCUT2D eigenvalue weighted by Crippen LogP contribution is -2.16. The first-order valence-electron chi connectivity index (χ1n) is 6.40. The molecule has 2 aromatic rings. The van der Waals surface area contributed by atoms with Crippen LogP contribution >= 0.6 is 11.8 Å². The summed E-state index contributed by atoms with van der Waals surface area (Å²) in [4.78, 5) is 13.2. The maximum Gasteiger partial charge on any atom is 0.255 e. The summed E-state index contributed by atoms with van der Waals surface area (Å²) in [7, 11) is -3.82. The molecule has 22 heavy (non-hydrogen) atoms. The first kappa shape index (κ1) is 16.5. The number of thioether (sulfide) groups is 1. The number of carbonyl (C=O) groups excluding carboxylic acids is 1. The van der Waals surface area contributed by atoms with Gasteiger partial charge in [-0.15, -0.1) is 11.8 Å². The molecule has 0 spiro atoms. The average molecular weight is 336 g/mol. The summed E-state index contributed by atoms with van der Waals surface area (Å²) < 4.78 is 23.0. The third-order valence-corrected chi connectivity index (χ3v) is 4.90. The van der Waals surface area contributed by atoms with Crippen molar-refractivity contribution in [1.29, 1.82) is 0 Å². The van der Waals surface area contributed by atoms with Gasteiger partial charge in [0.05, 0.1) is 4.90 Å². The lowest BCUT2D eigenvalue weighted by Gasteiger charge is -2.09. The Morgan fingerprint density at radius 2 is 1.77 bits per heavy atom. The minimum absolute atomic E-state index is 0.00281. The van der Waals surface area contributed by atoms with Gasteiger partial charge in [0.15, 0.2) is 0 Å². The van der Waals surface area contributed by atoms with Crippen LogP contribution in [0.2, 0.25) is 0 Å². The fourth-order valence-corrected chi connectivity index (χ4v) is 3.15. The summed E-state index contributed by atoms with van der Waals surface area (Å²) in [6, 6.07) is 11.7. The van der Waals surface area contributed by atoms with E-state index in [1.807, 2.05) is 18.4 Å². The second-order valence-corrected chi connectivity index (χ2v) is 7.12. The molecule has 2 rings (SSSR count). The molecule has 1 amide bonds. The molecule has 7 heteroatoms. The van der Waals surface area contributed by atoms with Crippen molar-refractivity contribution >= 4 is 33.4 Å². The Labute approximate surface area is 134 Å². The van der Waals surface area contributed by atoms with Gasteiger partial charge in [0, 0.05) is 16.1 Å². The van der Waals surface area contributed by atoms with Crippen molar-refractivity contribution in [3.8, 4) is 0 Å². The van der Waals surface area contributed by atoms with E-state index in [0.717, 1.165) is 4.90 Å². The van der Waals surface area contributed by atoms with E-state index in [1.165, 1.54) is 6.07 Å². The maximum atomic E-state index is 12.2. The van der Waals surface area contributed by atoms with Crippen LogP contribution in [0.3, 0.4) is 0 Å². The number of nitrogens with one attached hydrogen (secondary N) is 1. The molecule has 0 aromatic heterocycles. The van der Waals surface area contributed by atoms with Gasteiger partial charge in [-0.2, -0.15) is 0 Å². The number of hydrogen-bond acceptors (Lipinski definition) is 4. The molecule has 0 fully saturated rings. The first-order chi connectivity index (χ1) is 10.3. The van der Waals surface area contributed by atoms with Gasteiger partial charge in [-0.05, 0) is 55.1 Å². The summed E-state index contributed by atoms with van der Waals surface area (Å²) in [5, 5.41) is 7.83. The van der Waals surface area contributed by atoms with E-state index in [2.05, 4.69) is 5.32 Å². The van der Waals surface area contributed by atoms with Gasteiger partial charge in [-0.3, -0.25) is 4.79 Å². The number of benzene rings is 2. The zero-order chi connectivity index (χ0) is 16.3. The second kappa shape index (κ2) is 6.51. The molecule has 116 valence electrons. The maximum absolute atomic E-state index is 12.2. The molecule has 3 N–H and O–H groups in total. The molecule has 0 aliphatic heterocycles. The number of amides is 1. The number of carbonyl (C=O) groups is 1. The zero-order valence-corrected chi connectivity index (χ0v) is 13.8. The fraction of sp³-hybridized carbons (Fsp3) is 0.133. The number of primary sulfonamides is 1. The molecule has 0 heterocycles. The topological polar surface area (TPSA) is 89.3 Å². The lowest BCUT2D eigenvalue weighted by atomic mass is 10.2. The van der Waals surface area contributed by atoms with E-state index < -0.39 is 10.0 Å². The van der Waals surface area contributed by atoms with E-state index >= 15 is 0 Å². The zero-order valence-electron chi connectivity index (χ0n) is 12.2. The second-order valence-electron chi connectivity index (χ2n) is 4.71. The normalized spacial score (nSPS) is 11.2. The highest BCUT2D eigenvalue weighted by molar-refractivity contribution is 7.98. The highest BCUT2D eigenvalue weighted by Crippen LogP contribution is 2.20. The van der Waals surface area contributed by atoms with Crippen molar-refractivity contribution in [2.75, 3.05) is 11.6 Å². The Kier molecular flexibility index (Phi) is 4.90. The third-order valence-electron chi connectivity index (χ3n) is 3.10. The molecular weight excluding hydrogens is 320 g/mol. The third kappa shape index (κ3) is 3.88. The van der Waals surface area contributed by atoms with Crippen LogP contribution < -0.4 is 10.5 Å². The summed E-state index contributed by atoms with van der Waals surface area (Å²) >= 11 is 1.59. The largest absolute Gasteiger partial charge is 0.322 e. The highest BCUT2D eigenvalue weighted by atomic mass is 32.2. The molecule has 0 saturated carbocycles. The van der Waals surface area contributed by atoms with E-state index in [-0.39, 0.29) is 10.8 Å². The standard InChI is InChI=1S/C15H16N2O3S2/c1-10-3-6-12(9-14(10)22(16,19)20)17-15(18)11-4-7-13(21-2)8-5-11/h3-9H,1-2H3,(H,17,18)(H2,16,19,20). The quantitative estimate of drug-likeness (QED) is 0.840. The predicted octanol–water partition coefficient (Wildman–Crippen LogP) is 2.62. The van der Waals surface area contributed by atoms with Crippen molar-refractivity contribution in [1.82, 2.24) is 0 Å². The Bertz CT molecular complexity index is 800. The van der Waals surface area contributed by atoms with Gasteiger partial charge in [0.1, 0.15) is 0 Å². The van der Waals surface area contributed by atoms with Crippen LogP contribution in [0.15, 0.2) is 52.3 Å². The Morgan fingerprint density at radius 3 is 2.32 bits per heavy atom.